The van der Waals surface area contributed by atoms with Crippen molar-refractivity contribution in [1.29, 1.82) is 0 Å². The molecule has 32 heavy (non-hydrogen) atoms. The SMILES string of the molecule is CCN(CCCNC(=NC)NCc1cccc(CN2CCCC2=O)c1)c1ccccc1.I. The smallest absolute Gasteiger partial charge is 0.222 e. The zero-order valence-corrected chi connectivity index (χ0v) is 21.5. The Morgan fingerprint density at radius 1 is 1.09 bits per heavy atom. The van der Waals surface area contributed by atoms with E-state index in [1.165, 1.54) is 16.8 Å². The number of carbonyl (C=O) groups is 1. The fourth-order valence-corrected chi connectivity index (χ4v) is 3.92. The van der Waals surface area contributed by atoms with E-state index in [4.69, 9.17) is 0 Å². The van der Waals surface area contributed by atoms with Crippen LogP contribution in [0.4, 0.5) is 5.69 Å². The van der Waals surface area contributed by atoms with Gasteiger partial charge in [-0.05, 0) is 43.0 Å². The molecule has 2 aromatic rings. The average Bonchev–Trinajstić information content (AvgIpc) is 3.21. The van der Waals surface area contributed by atoms with Gasteiger partial charge in [0.1, 0.15) is 0 Å². The first-order valence-corrected chi connectivity index (χ1v) is 11.3. The third kappa shape index (κ3) is 8.00. The summed E-state index contributed by atoms with van der Waals surface area (Å²) in [6, 6.07) is 19.0. The standard InChI is InChI=1S/C25H35N5O.HI/c1-3-29(23-12-5-4-6-13-23)17-9-15-27-25(26-2)28-19-21-10-7-11-22(18-21)20-30-16-8-14-24(30)31;/h4-7,10-13,18H,3,8-9,14-17,19-20H2,1-2H3,(H2,26,27,28);1H. The molecule has 1 amide bonds. The summed E-state index contributed by atoms with van der Waals surface area (Å²) < 4.78 is 0. The van der Waals surface area contributed by atoms with Gasteiger partial charge in [0.2, 0.25) is 5.91 Å². The highest BCUT2D eigenvalue weighted by Crippen LogP contribution is 2.15. The Labute approximate surface area is 209 Å². The van der Waals surface area contributed by atoms with E-state index < -0.39 is 0 Å². The average molecular weight is 550 g/mol. The number of guanidine groups is 1. The number of rotatable bonds is 10. The van der Waals surface area contributed by atoms with Crippen molar-refractivity contribution < 1.29 is 4.79 Å². The number of aliphatic imine (C=N–C) groups is 1. The summed E-state index contributed by atoms with van der Waals surface area (Å²) in [7, 11) is 1.80. The minimum Gasteiger partial charge on any atom is -0.372 e. The van der Waals surface area contributed by atoms with Gasteiger partial charge in [-0.3, -0.25) is 9.79 Å². The molecule has 174 valence electrons. The molecule has 2 N–H and O–H groups in total. The van der Waals surface area contributed by atoms with Crippen LogP contribution in [0.5, 0.6) is 0 Å². The summed E-state index contributed by atoms with van der Waals surface area (Å²) in [6.45, 7) is 7.33. The largest absolute Gasteiger partial charge is 0.372 e. The number of carbonyl (C=O) groups excluding carboxylic acids is 1. The van der Waals surface area contributed by atoms with E-state index in [2.05, 4.69) is 82.0 Å². The molecule has 1 fully saturated rings. The molecule has 3 rings (SSSR count). The lowest BCUT2D eigenvalue weighted by Crippen LogP contribution is -2.38. The van der Waals surface area contributed by atoms with Crippen molar-refractivity contribution in [2.45, 2.75) is 39.3 Å². The molecule has 0 bridgehead atoms. The van der Waals surface area contributed by atoms with Crippen molar-refractivity contribution >= 4 is 41.5 Å². The lowest BCUT2D eigenvalue weighted by atomic mass is 10.1. The number of nitrogens with zero attached hydrogens (tertiary/aromatic N) is 3. The van der Waals surface area contributed by atoms with E-state index in [0.717, 1.165) is 45.0 Å². The second-order valence-corrected chi connectivity index (χ2v) is 7.86. The van der Waals surface area contributed by atoms with Crippen LogP contribution in [0.25, 0.3) is 0 Å². The Kier molecular flexibility index (Phi) is 11.3. The van der Waals surface area contributed by atoms with Gasteiger partial charge in [0, 0.05) is 58.4 Å². The van der Waals surface area contributed by atoms with E-state index in [-0.39, 0.29) is 29.9 Å². The number of benzene rings is 2. The topological polar surface area (TPSA) is 60.0 Å². The van der Waals surface area contributed by atoms with Crippen molar-refractivity contribution in [3.8, 4) is 0 Å². The molecule has 1 aliphatic heterocycles. The third-order valence-corrected chi connectivity index (χ3v) is 5.62. The monoisotopic (exact) mass is 549 g/mol. The highest BCUT2D eigenvalue weighted by atomic mass is 127. The van der Waals surface area contributed by atoms with Gasteiger partial charge in [0.25, 0.3) is 0 Å². The maximum absolute atomic E-state index is 11.9. The van der Waals surface area contributed by atoms with Gasteiger partial charge in [-0.15, -0.1) is 24.0 Å². The van der Waals surface area contributed by atoms with Crippen molar-refractivity contribution in [3.05, 3.63) is 65.7 Å². The quantitative estimate of drug-likeness (QED) is 0.204. The van der Waals surface area contributed by atoms with Crippen LogP contribution in [0.1, 0.15) is 37.3 Å². The summed E-state index contributed by atoms with van der Waals surface area (Å²) in [5.41, 5.74) is 3.63. The van der Waals surface area contributed by atoms with Crippen LogP contribution in [0, 0.1) is 0 Å². The minimum absolute atomic E-state index is 0. The van der Waals surface area contributed by atoms with Gasteiger partial charge in [-0.25, -0.2) is 0 Å². The fraction of sp³-hybridized carbons (Fsp3) is 0.440. The molecular formula is C25H36IN5O. The zero-order valence-electron chi connectivity index (χ0n) is 19.2. The molecule has 0 spiro atoms. The van der Waals surface area contributed by atoms with Crippen LogP contribution in [-0.4, -0.2) is 50.0 Å². The zero-order chi connectivity index (χ0) is 21.9. The number of hydrogen-bond donors (Lipinski definition) is 2. The highest BCUT2D eigenvalue weighted by molar-refractivity contribution is 14.0. The van der Waals surface area contributed by atoms with Crippen LogP contribution in [0.15, 0.2) is 59.6 Å². The normalized spacial score (nSPS) is 13.6. The van der Waals surface area contributed by atoms with Crippen LogP contribution in [0.2, 0.25) is 0 Å². The molecule has 7 heteroatoms. The van der Waals surface area contributed by atoms with Crippen molar-refractivity contribution in [1.82, 2.24) is 15.5 Å². The number of likely N-dealkylation sites (tertiary alicyclic amines) is 1. The maximum Gasteiger partial charge on any atom is 0.222 e. The van der Waals surface area contributed by atoms with E-state index in [9.17, 15) is 4.79 Å². The molecule has 0 radical (unpaired) electrons. The first-order chi connectivity index (χ1) is 15.2. The molecule has 0 atom stereocenters. The first kappa shape index (κ1) is 26.0. The van der Waals surface area contributed by atoms with E-state index in [1.54, 1.807) is 7.05 Å². The van der Waals surface area contributed by atoms with E-state index in [1.807, 2.05) is 4.90 Å². The Morgan fingerprint density at radius 2 is 1.88 bits per heavy atom. The van der Waals surface area contributed by atoms with Gasteiger partial charge in [-0.2, -0.15) is 0 Å². The van der Waals surface area contributed by atoms with Crippen molar-refractivity contribution in [2.24, 2.45) is 4.99 Å². The summed E-state index contributed by atoms with van der Waals surface area (Å²) in [5.74, 6) is 1.07. The number of anilines is 1. The molecule has 1 saturated heterocycles. The van der Waals surface area contributed by atoms with Gasteiger partial charge < -0.3 is 20.4 Å². The molecule has 1 aliphatic rings. The molecule has 6 nitrogen and oxygen atoms in total. The Morgan fingerprint density at radius 3 is 2.56 bits per heavy atom. The van der Waals surface area contributed by atoms with Crippen LogP contribution in [-0.2, 0) is 17.9 Å². The van der Waals surface area contributed by atoms with Crippen molar-refractivity contribution in [2.75, 3.05) is 38.1 Å². The minimum atomic E-state index is 0. The van der Waals surface area contributed by atoms with Crippen LogP contribution < -0.4 is 15.5 Å². The molecule has 0 aromatic heterocycles. The summed E-state index contributed by atoms with van der Waals surface area (Å²) in [6.07, 6.45) is 2.69. The highest BCUT2D eigenvalue weighted by Gasteiger charge is 2.19. The van der Waals surface area contributed by atoms with Crippen LogP contribution in [0.3, 0.4) is 0 Å². The molecule has 1 heterocycles. The molecular weight excluding hydrogens is 513 g/mol. The van der Waals surface area contributed by atoms with Crippen molar-refractivity contribution in [3.63, 3.8) is 0 Å². The summed E-state index contributed by atoms with van der Waals surface area (Å²) in [4.78, 5) is 20.5. The molecule has 0 aliphatic carbocycles. The lowest BCUT2D eigenvalue weighted by molar-refractivity contribution is -0.128. The second kappa shape index (κ2) is 14.0. The maximum atomic E-state index is 11.9. The number of hydrogen-bond acceptors (Lipinski definition) is 3. The van der Waals surface area contributed by atoms with Gasteiger partial charge in [0.05, 0.1) is 0 Å². The summed E-state index contributed by atoms with van der Waals surface area (Å²) in [5, 5.41) is 6.80. The lowest BCUT2D eigenvalue weighted by Gasteiger charge is -2.23. The number of para-hydroxylation sites is 1. The predicted molar refractivity (Wildman–Crippen MR) is 144 cm³/mol. The number of halogens is 1. The van der Waals surface area contributed by atoms with E-state index >= 15 is 0 Å². The van der Waals surface area contributed by atoms with E-state index in [0.29, 0.717) is 19.5 Å². The van der Waals surface area contributed by atoms with Gasteiger partial charge in [0.15, 0.2) is 5.96 Å². The third-order valence-electron chi connectivity index (χ3n) is 5.62. The number of nitrogens with one attached hydrogen (secondary N) is 2. The second-order valence-electron chi connectivity index (χ2n) is 7.86. The fourth-order valence-electron chi connectivity index (χ4n) is 3.92. The van der Waals surface area contributed by atoms with Crippen LogP contribution >= 0.6 is 24.0 Å². The van der Waals surface area contributed by atoms with Gasteiger partial charge >= 0.3 is 0 Å². The molecule has 0 unspecified atom stereocenters. The number of amides is 1. The summed E-state index contributed by atoms with van der Waals surface area (Å²) >= 11 is 0. The Balaban J connectivity index is 0.00000363. The Bertz CT molecular complexity index is 858. The first-order valence-electron chi connectivity index (χ1n) is 11.3. The van der Waals surface area contributed by atoms with Gasteiger partial charge in [-0.1, -0.05) is 42.5 Å². The Hall–Kier alpha value is -2.29. The molecule has 2 aromatic carbocycles. The predicted octanol–water partition coefficient (Wildman–Crippen LogP) is 4.01. The molecule has 0 saturated carbocycles.